The standard InChI is InChI=1S/C19H26N2O6S/c1-3-27-19(24)16-9-12-21(13-10-16)18(23)8-11-20-28(25,26)17-6-4-15(5-7-17)14(2)22/h4-7,16,20H,3,8-13H2,1-2H3. The lowest BCUT2D eigenvalue weighted by Gasteiger charge is -2.31. The summed E-state index contributed by atoms with van der Waals surface area (Å²) in [6.45, 7) is 4.41. The molecule has 28 heavy (non-hydrogen) atoms. The van der Waals surface area contributed by atoms with Crippen molar-refractivity contribution in [3.63, 3.8) is 0 Å². The highest BCUT2D eigenvalue weighted by Crippen LogP contribution is 2.19. The Labute approximate surface area is 165 Å². The molecule has 9 heteroatoms. The molecule has 8 nitrogen and oxygen atoms in total. The number of hydrogen-bond acceptors (Lipinski definition) is 6. The second-order valence-corrected chi connectivity index (χ2v) is 8.40. The average molecular weight is 410 g/mol. The van der Waals surface area contributed by atoms with Crippen molar-refractivity contribution in [3.05, 3.63) is 29.8 Å². The molecule has 1 aliphatic heterocycles. The molecule has 154 valence electrons. The summed E-state index contributed by atoms with van der Waals surface area (Å²) < 4.78 is 32.0. The van der Waals surface area contributed by atoms with Gasteiger partial charge in [0.05, 0.1) is 17.4 Å². The first kappa shape index (κ1) is 22.0. The van der Waals surface area contributed by atoms with Crippen LogP contribution in [-0.2, 0) is 24.3 Å². The lowest BCUT2D eigenvalue weighted by atomic mass is 9.97. The van der Waals surface area contributed by atoms with Crippen molar-refractivity contribution in [2.75, 3.05) is 26.2 Å². The summed E-state index contributed by atoms with van der Waals surface area (Å²) >= 11 is 0. The maximum Gasteiger partial charge on any atom is 0.309 e. The largest absolute Gasteiger partial charge is 0.466 e. The maximum atomic E-state index is 12.3. The number of nitrogens with zero attached hydrogens (tertiary/aromatic N) is 1. The van der Waals surface area contributed by atoms with Gasteiger partial charge in [0.15, 0.2) is 5.78 Å². The number of Topliss-reactive ketones (excluding diaryl/α,β-unsaturated/α-hetero) is 1. The van der Waals surface area contributed by atoms with Crippen LogP contribution in [0.2, 0.25) is 0 Å². The number of carbonyl (C=O) groups is 3. The number of nitrogens with one attached hydrogen (secondary N) is 1. The van der Waals surface area contributed by atoms with Crippen LogP contribution in [0.1, 0.15) is 43.5 Å². The van der Waals surface area contributed by atoms with E-state index in [1.54, 1.807) is 11.8 Å². The quantitative estimate of drug-likeness (QED) is 0.512. The van der Waals surface area contributed by atoms with Gasteiger partial charge in [-0.3, -0.25) is 14.4 Å². The number of rotatable bonds is 8. The minimum atomic E-state index is -3.75. The van der Waals surface area contributed by atoms with Crippen LogP contribution in [0.4, 0.5) is 0 Å². The van der Waals surface area contributed by atoms with Crippen molar-refractivity contribution in [1.29, 1.82) is 0 Å². The molecule has 0 unspecified atom stereocenters. The first-order chi connectivity index (χ1) is 13.2. The van der Waals surface area contributed by atoms with Gasteiger partial charge in [0, 0.05) is 31.6 Å². The van der Waals surface area contributed by atoms with E-state index >= 15 is 0 Å². The minimum Gasteiger partial charge on any atom is -0.466 e. The van der Waals surface area contributed by atoms with Gasteiger partial charge in [-0.05, 0) is 38.8 Å². The van der Waals surface area contributed by atoms with Gasteiger partial charge in [0.25, 0.3) is 0 Å². The summed E-state index contributed by atoms with van der Waals surface area (Å²) in [5, 5.41) is 0. The number of benzene rings is 1. The molecule has 1 N–H and O–H groups in total. The Kier molecular flexibility index (Phi) is 7.70. The summed E-state index contributed by atoms with van der Waals surface area (Å²) in [7, 11) is -3.75. The monoisotopic (exact) mass is 410 g/mol. The molecular formula is C19H26N2O6S. The van der Waals surface area contributed by atoms with Crippen molar-refractivity contribution < 1.29 is 27.5 Å². The molecule has 0 aliphatic carbocycles. The van der Waals surface area contributed by atoms with Crippen LogP contribution in [0.3, 0.4) is 0 Å². The highest BCUT2D eigenvalue weighted by atomic mass is 32.2. The average Bonchev–Trinajstić information content (AvgIpc) is 2.68. The van der Waals surface area contributed by atoms with E-state index < -0.39 is 10.0 Å². The molecule has 0 bridgehead atoms. The van der Waals surface area contributed by atoms with Crippen LogP contribution in [0.5, 0.6) is 0 Å². The second-order valence-electron chi connectivity index (χ2n) is 6.64. The molecule has 0 saturated carbocycles. The number of carbonyl (C=O) groups excluding carboxylic acids is 3. The lowest BCUT2D eigenvalue weighted by Crippen LogP contribution is -2.41. The molecule has 1 saturated heterocycles. The number of amides is 1. The van der Waals surface area contributed by atoms with E-state index in [4.69, 9.17) is 4.74 Å². The van der Waals surface area contributed by atoms with Crippen LogP contribution in [0.25, 0.3) is 0 Å². The SMILES string of the molecule is CCOC(=O)C1CCN(C(=O)CCNS(=O)(=O)c2ccc(C(C)=O)cc2)CC1. The fourth-order valence-electron chi connectivity index (χ4n) is 3.03. The van der Waals surface area contributed by atoms with Crippen LogP contribution >= 0.6 is 0 Å². The third-order valence-corrected chi connectivity index (χ3v) is 6.15. The molecule has 0 aromatic heterocycles. The van der Waals surface area contributed by atoms with Gasteiger partial charge in [-0.1, -0.05) is 12.1 Å². The Morgan fingerprint density at radius 1 is 1.14 bits per heavy atom. The summed E-state index contributed by atoms with van der Waals surface area (Å²) in [6.07, 6.45) is 1.15. The zero-order valence-electron chi connectivity index (χ0n) is 16.1. The van der Waals surface area contributed by atoms with Gasteiger partial charge >= 0.3 is 5.97 Å². The zero-order valence-corrected chi connectivity index (χ0v) is 17.0. The van der Waals surface area contributed by atoms with Gasteiger partial charge in [-0.15, -0.1) is 0 Å². The summed E-state index contributed by atoms with van der Waals surface area (Å²) in [6, 6.07) is 5.63. The highest BCUT2D eigenvalue weighted by Gasteiger charge is 2.28. The number of ketones is 1. The second kappa shape index (κ2) is 9.79. The smallest absolute Gasteiger partial charge is 0.309 e. The van der Waals surface area contributed by atoms with Gasteiger partial charge in [0.1, 0.15) is 0 Å². The Morgan fingerprint density at radius 3 is 2.29 bits per heavy atom. The van der Waals surface area contributed by atoms with E-state index in [0.29, 0.717) is 38.1 Å². The fourth-order valence-corrected chi connectivity index (χ4v) is 4.06. The number of hydrogen-bond donors (Lipinski definition) is 1. The molecule has 1 fully saturated rings. The lowest BCUT2D eigenvalue weighted by molar-refractivity contribution is -0.151. The van der Waals surface area contributed by atoms with Crippen molar-refractivity contribution in [1.82, 2.24) is 9.62 Å². The van der Waals surface area contributed by atoms with E-state index in [2.05, 4.69) is 4.72 Å². The van der Waals surface area contributed by atoms with Gasteiger partial charge in [-0.25, -0.2) is 13.1 Å². The zero-order chi connectivity index (χ0) is 20.7. The van der Waals surface area contributed by atoms with Gasteiger partial charge in [-0.2, -0.15) is 0 Å². The molecule has 1 aromatic carbocycles. The van der Waals surface area contributed by atoms with Crippen molar-refractivity contribution in [3.8, 4) is 0 Å². The Hall–Kier alpha value is -2.26. The van der Waals surface area contributed by atoms with Crippen LogP contribution in [0, 0.1) is 5.92 Å². The van der Waals surface area contributed by atoms with Gasteiger partial charge in [0.2, 0.25) is 15.9 Å². The molecule has 0 radical (unpaired) electrons. The number of likely N-dealkylation sites (tertiary alicyclic amines) is 1. The first-order valence-corrected chi connectivity index (χ1v) is 10.8. The van der Waals surface area contributed by atoms with E-state index in [0.717, 1.165) is 0 Å². The normalized spacial score (nSPS) is 15.3. The van der Waals surface area contributed by atoms with Crippen LogP contribution in [0.15, 0.2) is 29.2 Å². The molecule has 1 aliphatic rings. The Balaban J connectivity index is 1.80. The maximum absolute atomic E-state index is 12.3. The van der Waals surface area contributed by atoms with Crippen molar-refractivity contribution >= 4 is 27.7 Å². The predicted octanol–water partition coefficient (Wildman–Crippen LogP) is 1.36. The highest BCUT2D eigenvalue weighted by molar-refractivity contribution is 7.89. The van der Waals surface area contributed by atoms with Crippen LogP contribution < -0.4 is 4.72 Å². The van der Waals surface area contributed by atoms with E-state index in [1.165, 1.54) is 31.2 Å². The molecule has 2 rings (SSSR count). The van der Waals surface area contributed by atoms with E-state index in [-0.39, 0.29) is 41.4 Å². The number of ether oxygens (including phenoxy) is 1. The summed E-state index contributed by atoms with van der Waals surface area (Å²) in [5.74, 6) is -0.704. The molecule has 1 heterocycles. The van der Waals surface area contributed by atoms with Gasteiger partial charge < -0.3 is 9.64 Å². The van der Waals surface area contributed by atoms with Crippen LogP contribution in [-0.4, -0.2) is 57.2 Å². The molecule has 0 atom stereocenters. The predicted molar refractivity (Wildman–Crippen MR) is 102 cm³/mol. The number of sulfonamides is 1. The molecular weight excluding hydrogens is 384 g/mol. The summed E-state index contributed by atoms with van der Waals surface area (Å²) in [4.78, 5) is 37.0. The Bertz CT molecular complexity index is 811. The van der Waals surface area contributed by atoms with Crippen molar-refractivity contribution in [2.45, 2.75) is 38.0 Å². The topological polar surface area (TPSA) is 110 Å². The summed E-state index contributed by atoms with van der Waals surface area (Å²) in [5.41, 5.74) is 0.431. The molecule has 1 amide bonds. The fraction of sp³-hybridized carbons (Fsp3) is 0.526. The van der Waals surface area contributed by atoms with E-state index in [9.17, 15) is 22.8 Å². The van der Waals surface area contributed by atoms with E-state index in [1.807, 2.05) is 0 Å². The molecule has 0 spiro atoms. The number of esters is 1. The van der Waals surface area contributed by atoms with Crippen molar-refractivity contribution in [2.24, 2.45) is 5.92 Å². The Morgan fingerprint density at radius 2 is 1.75 bits per heavy atom. The third kappa shape index (κ3) is 5.87. The number of piperidine rings is 1. The third-order valence-electron chi connectivity index (χ3n) is 4.67. The minimum absolute atomic E-state index is 0.0204. The molecule has 1 aromatic rings. The first-order valence-electron chi connectivity index (χ1n) is 9.29.